The minimum absolute atomic E-state index is 0.177. The molecule has 3 heteroatoms. The van der Waals surface area contributed by atoms with E-state index in [1.165, 1.54) is 25.7 Å². The lowest BCUT2D eigenvalue weighted by Gasteiger charge is -2.23. The average Bonchev–Trinajstić information content (AvgIpc) is 2.57. The maximum absolute atomic E-state index is 13.6. The van der Waals surface area contributed by atoms with E-state index in [0.717, 1.165) is 18.8 Å². The highest BCUT2D eigenvalue weighted by molar-refractivity contribution is 5.48. The van der Waals surface area contributed by atoms with Crippen molar-refractivity contribution in [1.82, 2.24) is 0 Å². The highest BCUT2D eigenvalue weighted by atomic mass is 19.1. The third kappa shape index (κ3) is 2.53. The van der Waals surface area contributed by atoms with E-state index in [1.54, 1.807) is 12.1 Å². The predicted molar refractivity (Wildman–Crippen MR) is 65.0 cm³/mol. The molecule has 1 saturated heterocycles. The van der Waals surface area contributed by atoms with Gasteiger partial charge >= 0.3 is 0 Å². The molecule has 0 bridgehead atoms. The Morgan fingerprint density at radius 1 is 1.12 bits per heavy atom. The lowest BCUT2D eigenvalue weighted by molar-refractivity contribution is 0.609. The van der Waals surface area contributed by atoms with Gasteiger partial charge in [0.2, 0.25) is 0 Å². The van der Waals surface area contributed by atoms with Crippen molar-refractivity contribution >= 4 is 5.69 Å². The Morgan fingerprint density at radius 2 is 1.81 bits per heavy atom. The van der Waals surface area contributed by atoms with Crippen LogP contribution in [0.1, 0.15) is 31.2 Å². The summed E-state index contributed by atoms with van der Waals surface area (Å²) in [5.41, 5.74) is 7.04. The molecule has 2 N–H and O–H groups in total. The number of hydrogen-bond acceptors (Lipinski definition) is 2. The van der Waals surface area contributed by atoms with Gasteiger partial charge in [-0.2, -0.15) is 0 Å². The monoisotopic (exact) mass is 222 g/mol. The molecule has 1 aromatic carbocycles. The van der Waals surface area contributed by atoms with Gasteiger partial charge in [-0.05, 0) is 25.0 Å². The molecule has 1 aromatic rings. The second kappa shape index (κ2) is 5.30. The maximum atomic E-state index is 13.6. The minimum Gasteiger partial charge on any atom is -0.371 e. The molecule has 1 aliphatic rings. The topological polar surface area (TPSA) is 29.3 Å². The summed E-state index contributed by atoms with van der Waals surface area (Å²) in [5.74, 6) is -0.177. The molecule has 0 amide bonds. The molecule has 0 atom stereocenters. The number of rotatable bonds is 2. The van der Waals surface area contributed by atoms with Crippen LogP contribution < -0.4 is 10.6 Å². The van der Waals surface area contributed by atoms with Crippen molar-refractivity contribution in [2.75, 3.05) is 18.0 Å². The first kappa shape index (κ1) is 11.4. The summed E-state index contributed by atoms with van der Waals surface area (Å²) in [4.78, 5) is 2.27. The van der Waals surface area contributed by atoms with Crippen molar-refractivity contribution in [1.29, 1.82) is 0 Å². The van der Waals surface area contributed by atoms with Gasteiger partial charge in [-0.3, -0.25) is 0 Å². The number of anilines is 1. The molecule has 1 aliphatic heterocycles. The van der Waals surface area contributed by atoms with Crippen LogP contribution in [0.3, 0.4) is 0 Å². The van der Waals surface area contributed by atoms with Crippen LogP contribution in [0.25, 0.3) is 0 Å². The fraction of sp³-hybridized carbons (Fsp3) is 0.538. The van der Waals surface area contributed by atoms with E-state index in [-0.39, 0.29) is 12.4 Å². The van der Waals surface area contributed by atoms with Gasteiger partial charge < -0.3 is 10.6 Å². The zero-order valence-corrected chi connectivity index (χ0v) is 9.58. The van der Waals surface area contributed by atoms with E-state index >= 15 is 0 Å². The van der Waals surface area contributed by atoms with E-state index in [1.807, 2.05) is 6.07 Å². The molecule has 0 aromatic heterocycles. The maximum Gasteiger partial charge on any atom is 0.129 e. The fourth-order valence-electron chi connectivity index (χ4n) is 2.23. The first-order chi connectivity index (χ1) is 7.81. The zero-order chi connectivity index (χ0) is 11.4. The molecule has 0 saturated carbocycles. The molecule has 1 fully saturated rings. The van der Waals surface area contributed by atoms with E-state index in [9.17, 15) is 4.39 Å². The Labute approximate surface area is 96.2 Å². The van der Waals surface area contributed by atoms with Crippen LogP contribution in [0.15, 0.2) is 18.2 Å². The molecule has 2 rings (SSSR count). The number of nitrogens with two attached hydrogens (primary N) is 1. The van der Waals surface area contributed by atoms with E-state index in [4.69, 9.17) is 5.73 Å². The van der Waals surface area contributed by atoms with Gasteiger partial charge in [0, 0.05) is 30.9 Å². The van der Waals surface area contributed by atoms with Crippen molar-refractivity contribution < 1.29 is 4.39 Å². The SMILES string of the molecule is NCc1ccc(N2CCCCCC2)cc1F. The quantitative estimate of drug-likeness (QED) is 0.833. The first-order valence-electron chi connectivity index (χ1n) is 6.04. The van der Waals surface area contributed by atoms with Crippen LogP contribution in [0.2, 0.25) is 0 Å². The van der Waals surface area contributed by atoms with Crippen LogP contribution in [-0.4, -0.2) is 13.1 Å². The van der Waals surface area contributed by atoms with Gasteiger partial charge in [0.05, 0.1) is 0 Å². The summed E-state index contributed by atoms with van der Waals surface area (Å²) in [6.07, 6.45) is 5.00. The summed E-state index contributed by atoms with van der Waals surface area (Å²) in [6.45, 7) is 2.36. The van der Waals surface area contributed by atoms with E-state index in [0.29, 0.717) is 5.56 Å². The molecule has 1 heterocycles. The first-order valence-corrected chi connectivity index (χ1v) is 6.04. The van der Waals surface area contributed by atoms with Crippen molar-refractivity contribution in [3.05, 3.63) is 29.6 Å². The molecular weight excluding hydrogens is 203 g/mol. The fourth-order valence-corrected chi connectivity index (χ4v) is 2.23. The average molecular weight is 222 g/mol. The van der Waals surface area contributed by atoms with Crippen molar-refractivity contribution in [3.8, 4) is 0 Å². The molecule has 0 aliphatic carbocycles. The molecule has 0 spiro atoms. The summed E-state index contributed by atoms with van der Waals surface area (Å²) in [6, 6.07) is 5.40. The van der Waals surface area contributed by atoms with Crippen LogP contribution in [0.5, 0.6) is 0 Å². The molecule has 0 radical (unpaired) electrons. The van der Waals surface area contributed by atoms with Crippen LogP contribution in [0.4, 0.5) is 10.1 Å². The molecule has 0 unspecified atom stereocenters. The lowest BCUT2D eigenvalue weighted by atomic mass is 10.1. The Hall–Kier alpha value is -1.09. The summed E-state index contributed by atoms with van der Waals surface area (Å²) >= 11 is 0. The van der Waals surface area contributed by atoms with Gasteiger partial charge in [0.1, 0.15) is 5.82 Å². The summed E-state index contributed by atoms with van der Waals surface area (Å²) < 4.78 is 13.6. The Bertz CT molecular complexity index is 344. The van der Waals surface area contributed by atoms with Crippen molar-refractivity contribution in [3.63, 3.8) is 0 Å². The van der Waals surface area contributed by atoms with Gasteiger partial charge in [0.25, 0.3) is 0 Å². The second-order valence-corrected chi connectivity index (χ2v) is 4.38. The highest BCUT2D eigenvalue weighted by Gasteiger charge is 2.11. The predicted octanol–water partition coefficient (Wildman–Crippen LogP) is 2.66. The summed E-state index contributed by atoms with van der Waals surface area (Å²) in [7, 11) is 0. The minimum atomic E-state index is -0.177. The largest absolute Gasteiger partial charge is 0.371 e. The lowest BCUT2D eigenvalue weighted by Crippen LogP contribution is -2.24. The smallest absolute Gasteiger partial charge is 0.129 e. The van der Waals surface area contributed by atoms with Gasteiger partial charge in [-0.25, -0.2) is 4.39 Å². The number of benzene rings is 1. The highest BCUT2D eigenvalue weighted by Crippen LogP contribution is 2.21. The normalized spacial score (nSPS) is 17.2. The van der Waals surface area contributed by atoms with E-state index in [2.05, 4.69) is 4.90 Å². The number of hydrogen-bond donors (Lipinski definition) is 1. The van der Waals surface area contributed by atoms with Crippen molar-refractivity contribution in [2.45, 2.75) is 32.2 Å². The third-order valence-corrected chi connectivity index (χ3v) is 3.23. The number of halogens is 1. The third-order valence-electron chi connectivity index (χ3n) is 3.23. The van der Waals surface area contributed by atoms with E-state index < -0.39 is 0 Å². The van der Waals surface area contributed by atoms with Crippen LogP contribution in [-0.2, 0) is 6.54 Å². The Balaban J connectivity index is 2.16. The number of nitrogens with zero attached hydrogens (tertiary/aromatic N) is 1. The second-order valence-electron chi connectivity index (χ2n) is 4.38. The Kier molecular flexibility index (Phi) is 3.78. The van der Waals surface area contributed by atoms with Crippen molar-refractivity contribution in [2.24, 2.45) is 5.73 Å². The molecular formula is C13H19FN2. The summed E-state index contributed by atoms with van der Waals surface area (Å²) in [5, 5.41) is 0. The Morgan fingerprint density at radius 3 is 2.38 bits per heavy atom. The molecule has 2 nitrogen and oxygen atoms in total. The molecule has 16 heavy (non-hydrogen) atoms. The van der Waals surface area contributed by atoms with Gasteiger partial charge in [0.15, 0.2) is 0 Å². The standard InChI is InChI=1S/C13H19FN2/c14-13-9-12(6-5-11(13)10-15)16-7-3-1-2-4-8-16/h5-6,9H,1-4,7-8,10,15H2. The van der Waals surface area contributed by atoms with Gasteiger partial charge in [-0.1, -0.05) is 18.9 Å². The zero-order valence-electron chi connectivity index (χ0n) is 9.58. The van der Waals surface area contributed by atoms with Gasteiger partial charge in [-0.15, -0.1) is 0 Å². The van der Waals surface area contributed by atoms with Crippen LogP contribution >= 0.6 is 0 Å². The van der Waals surface area contributed by atoms with Crippen LogP contribution in [0, 0.1) is 5.82 Å². The molecule has 88 valence electrons.